The lowest BCUT2D eigenvalue weighted by molar-refractivity contribution is -0.114. The Morgan fingerprint density at radius 2 is 1.88 bits per heavy atom. The van der Waals surface area contributed by atoms with Crippen molar-refractivity contribution in [1.82, 2.24) is 9.88 Å². The first-order valence-corrected chi connectivity index (χ1v) is 7.09. The largest absolute Gasteiger partial charge is 0.384 e. The van der Waals surface area contributed by atoms with Crippen molar-refractivity contribution in [3.8, 4) is 5.69 Å². The van der Waals surface area contributed by atoms with Gasteiger partial charge in [0, 0.05) is 13.0 Å². The van der Waals surface area contributed by atoms with Crippen LogP contribution in [-0.4, -0.2) is 22.3 Å². The van der Waals surface area contributed by atoms with E-state index >= 15 is 0 Å². The molecule has 0 radical (unpaired) electrons. The third-order valence-electron chi connectivity index (χ3n) is 3.66. The minimum absolute atomic E-state index is 0.0473. The minimum Gasteiger partial charge on any atom is -0.384 e. The van der Waals surface area contributed by atoms with Gasteiger partial charge in [0.2, 0.25) is 5.91 Å². The Bertz CT molecular complexity index is 975. The number of pyridine rings is 1. The molecule has 2 aromatic rings. The zero-order valence-electron chi connectivity index (χ0n) is 13.0. The van der Waals surface area contributed by atoms with Gasteiger partial charge in [-0.2, -0.15) is 0 Å². The van der Waals surface area contributed by atoms with Crippen LogP contribution in [0.15, 0.2) is 29.1 Å². The van der Waals surface area contributed by atoms with Crippen molar-refractivity contribution in [3.05, 3.63) is 51.3 Å². The number of hydrogen-bond donors (Lipinski definition) is 3. The van der Waals surface area contributed by atoms with Crippen molar-refractivity contribution in [3.63, 3.8) is 0 Å². The predicted molar refractivity (Wildman–Crippen MR) is 87.3 cm³/mol. The van der Waals surface area contributed by atoms with Crippen LogP contribution in [-0.2, 0) is 4.79 Å². The van der Waals surface area contributed by atoms with Crippen LogP contribution in [0.4, 0.5) is 11.5 Å². The summed E-state index contributed by atoms with van der Waals surface area (Å²) >= 11 is 0. The highest BCUT2D eigenvalue weighted by atomic mass is 16.2. The second-order valence-electron chi connectivity index (χ2n) is 5.48. The number of nitrogens with one attached hydrogen (secondary N) is 2. The van der Waals surface area contributed by atoms with E-state index in [0.29, 0.717) is 11.4 Å². The number of imide groups is 1. The Kier molecular flexibility index (Phi) is 3.44. The minimum atomic E-state index is -0.658. The van der Waals surface area contributed by atoms with E-state index in [0.717, 1.165) is 16.2 Å². The number of rotatable bonds is 2. The molecule has 1 aliphatic heterocycles. The van der Waals surface area contributed by atoms with Gasteiger partial charge < -0.3 is 11.1 Å². The van der Waals surface area contributed by atoms with E-state index in [1.54, 1.807) is 18.2 Å². The van der Waals surface area contributed by atoms with E-state index in [-0.39, 0.29) is 22.9 Å². The lowest BCUT2D eigenvalue weighted by Crippen LogP contribution is -2.25. The molecule has 0 bridgehead atoms. The lowest BCUT2D eigenvalue weighted by atomic mass is 10.1. The van der Waals surface area contributed by atoms with Gasteiger partial charge in [-0.25, -0.2) is 0 Å². The fraction of sp³-hybridized carbons (Fsp3) is 0.125. The summed E-state index contributed by atoms with van der Waals surface area (Å²) in [5, 5.41) is 4.74. The van der Waals surface area contributed by atoms with E-state index in [1.807, 2.05) is 6.92 Å². The van der Waals surface area contributed by atoms with Crippen LogP contribution in [0.3, 0.4) is 0 Å². The van der Waals surface area contributed by atoms with Crippen LogP contribution in [0.5, 0.6) is 0 Å². The number of hydrogen-bond acceptors (Lipinski definition) is 5. The molecule has 1 aromatic heterocycles. The van der Waals surface area contributed by atoms with E-state index in [9.17, 15) is 19.2 Å². The molecule has 1 aromatic carbocycles. The fourth-order valence-corrected chi connectivity index (χ4v) is 2.66. The molecule has 3 rings (SSSR count). The smallest absolute Gasteiger partial charge is 0.262 e. The second-order valence-corrected chi connectivity index (χ2v) is 5.48. The fourth-order valence-electron chi connectivity index (χ4n) is 2.66. The molecule has 0 saturated heterocycles. The van der Waals surface area contributed by atoms with Crippen molar-refractivity contribution in [2.75, 3.05) is 11.1 Å². The monoisotopic (exact) mass is 326 g/mol. The number of amides is 3. The second kappa shape index (κ2) is 5.34. The normalized spacial score (nSPS) is 12.8. The van der Waals surface area contributed by atoms with E-state index in [4.69, 9.17) is 5.73 Å². The van der Waals surface area contributed by atoms with Gasteiger partial charge in [0.25, 0.3) is 17.4 Å². The quantitative estimate of drug-likeness (QED) is 0.696. The Morgan fingerprint density at radius 3 is 2.54 bits per heavy atom. The molecular weight excluding hydrogens is 312 g/mol. The molecule has 122 valence electrons. The third-order valence-corrected chi connectivity index (χ3v) is 3.66. The maximum Gasteiger partial charge on any atom is 0.262 e. The molecule has 24 heavy (non-hydrogen) atoms. The molecule has 8 heteroatoms. The third kappa shape index (κ3) is 2.34. The number of anilines is 2. The maximum absolute atomic E-state index is 12.5. The molecule has 0 fully saturated rings. The Balaban J connectivity index is 2.31. The molecule has 0 atom stereocenters. The van der Waals surface area contributed by atoms with Crippen molar-refractivity contribution in [2.24, 2.45) is 0 Å². The predicted octanol–water partition coefficient (Wildman–Crippen LogP) is 0.570. The Labute approximate surface area is 136 Å². The van der Waals surface area contributed by atoms with Gasteiger partial charge in [-0.15, -0.1) is 0 Å². The van der Waals surface area contributed by atoms with E-state index in [2.05, 4.69) is 10.6 Å². The standard InChI is InChI=1S/C16H14N4O4/c1-7-3-4-11(10(5-7)18-8(2)21)20-12(22)6-9-13(14(20)17)16(24)19-15(9)23/h3-6H,17H2,1-2H3,(H,18,21)(H,19,23,24). The summed E-state index contributed by atoms with van der Waals surface area (Å²) in [4.78, 5) is 47.5. The van der Waals surface area contributed by atoms with Crippen LogP contribution in [0.25, 0.3) is 5.69 Å². The van der Waals surface area contributed by atoms with Gasteiger partial charge in [-0.05, 0) is 24.6 Å². The molecule has 0 aliphatic carbocycles. The molecule has 0 unspecified atom stereocenters. The zero-order chi connectivity index (χ0) is 17.6. The van der Waals surface area contributed by atoms with Gasteiger partial charge in [-0.3, -0.25) is 29.1 Å². The van der Waals surface area contributed by atoms with Crippen LogP contribution in [0.1, 0.15) is 33.2 Å². The zero-order valence-corrected chi connectivity index (χ0v) is 13.0. The number of nitrogen functional groups attached to an aromatic ring is 1. The number of nitrogens with two attached hydrogens (primary N) is 1. The average molecular weight is 326 g/mol. The summed E-state index contributed by atoms with van der Waals surface area (Å²) in [6.45, 7) is 3.17. The van der Waals surface area contributed by atoms with Crippen LogP contribution in [0, 0.1) is 6.92 Å². The number of aromatic nitrogens is 1. The first-order valence-electron chi connectivity index (χ1n) is 7.09. The maximum atomic E-state index is 12.5. The highest BCUT2D eigenvalue weighted by molar-refractivity contribution is 6.23. The van der Waals surface area contributed by atoms with Gasteiger partial charge >= 0.3 is 0 Å². The van der Waals surface area contributed by atoms with Crippen LogP contribution < -0.4 is 21.9 Å². The lowest BCUT2D eigenvalue weighted by Gasteiger charge is -2.16. The van der Waals surface area contributed by atoms with Gasteiger partial charge in [0.1, 0.15) is 5.82 Å². The highest BCUT2D eigenvalue weighted by Gasteiger charge is 2.32. The van der Waals surface area contributed by atoms with Gasteiger partial charge in [-0.1, -0.05) is 6.07 Å². The number of benzene rings is 1. The van der Waals surface area contributed by atoms with Crippen molar-refractivity contribution in [2.45, 2.75) is 13.8 Å². The van der Waals surface area contributed by atoms with Crippen LogP contribution in [0.2, 0.25) is 0 Å². The molecule has 4 N–H and O–H groups in total. The average Bonchev–Trinajstić information content (AvgIpc) is 2.75. The first-order chi connectivity index (χ1) is 11.3. The molecule has 0 spiro atoms. The summed E-state index contributed by atoms with van der Waals surface area (Å²) in [7, 11) is 0. The number of aryl methyl sites for hydroxylation is 1. The van der Waals surface area contributed by atoms with Gasteiger partial charge in [0.05, 0.1) is 22.5 Å². The van der Waals surface area contributed by atoms with Crippen LogP contribution >= 0.6 is 0 Å². The Hall–Kier alpha value is -3.42. The summed E-state index contributed by atoms with van der Waals surface area (Å²) in [5.74, 6) is -1.79. The number of fused-ring (bicyclic) bond motifs is 1. The molecular formula is C16H14N4O4. The van der Waals surface area contributed by atoms with Crippen molar-refractivity contribution >= 4 is 29.2 Å². The summed E-state index contributed by atoms with van der Waals surface area (Å²) in [6.07, 6.45) is 0. The SMILES string of the molecule is CC(=O)Nc1cc(C)ccc1-n1c(N)c2c(cc1=O)C(=O)NC2=O. The van der Waals surface area contributed by atoms with E-state index < -0.39 is 17.4 Å². The van der Waals surface area contributed by atoms with Crippen molar-refractivity contribution < 1.29 is 14.4 Å². The number of carbonyl (C=O) groups excluding carboxylic acids is 3. The number of carbonyl (C=O) groups is 3. The van der Waals surface area contributed by atoms with Crippen molar-refractivity contribution in [1.29, 1.82) is 0 Å². The molecule has 2 heterocycles. The number of nitrogens with zero attached hydrogens (tertiary/aromatic N) is 1. The molecule has 1 aliphatic rings. The summed E-state index contributed by atoms with van der Waals surface area (Å²) in [5.41, 5.74) is 6.87. The first kappa shape index (κ1) is 15.5. The van der Waals surface area contributed by atoms with E-state index in [1.165, 1.54) is 6.92 Å². The topological polar surface area (TPSA) is 123 Å². The highest BCUT2D eigenvalue weighted by Crippen LogP contribution is 2.27. The molecule has 3 amide bonds. The summed E-state index contributed by atoms with van der Waals surface area (Å²) in [6, 6.07) is 6.09. The van der Waals surface area contributed by atoms with Gasteiger partial charge in [0.15, 0.2) is 0 Å². The Morgan fingerprint density at radius 1 is 1.17 bits per heavy atom. The summed E-state index contributed by atoms with van der Waals surface area (Å²) < 4.78 is 1.10. The molecule has 0 saturated carbocycles. The molecule has 8 nitrogen and oxygen atoms in total.